The highest BCUT2D eigenvalue weighted by Gasteiger charge is 2.11. The van der Waals surface area contributed by atoms with Crippen LogP contribution in [0.5, 0.6) is 0 Å². The van der Waals surface area contributed by atoms with Crippen molar-refractivity contribution < 1.29 is 13.6 Å². The summed E-state index contributed by atoms with van der Waals surface area (Å²) in [7, 11) is 0. The van der Waals surface area contributed by atoms with Crippen molar-refractivity contribution in [2.24, 2.45) is 0 Å². The first-order chi connectivity index (χ1) is 7.58. The molecule has 0 bridgehead atoms. The van der Waals surface area contributed by atoms with Gasteiger partial charge in [-0.2, -0.15) is 5.10 Å². The molecule has 5 heteroatoms. The lowest BCUT2D eigenvalue weighted by molar-refractivity contribution is 0.101. The van der Waals surface area contributed by atoms with E-state index in [9.17, 15) is 13.6 Å². The molecule has 1 N–H and O–H groups in total. The standard InChI is InChI=1S/C11H8F2N2O/c1-6(16)10-5-11(15-14-10)8-3-2-7(12)4-9(8)13/h2-5H,1H3,(H,14,15). The van der Waals surface area contributed by atoms with E-state index < -0.39 is 11.6 Å². The molecule has 0 amide bonds. The Labute approximate surface area is 90.1 Å². The minimum atomic E-state index is -0.707. The second-order valence-electron chi connectivity index (χ2n) is 3.35. The van der Waals surface area contributed by atoms with Crippen molar-refractivity contribution in [2.45, 2.75) is 6.92 Å². The molecule has 0 unspecified atom stereocenters. The van der Waals surface area contributed by atoms with E-state index in [1.807, 2.05) is 0 Å². The third kappa shape index (κ3) is 1.84. The van der Waals surface area contributed by atoms with Crippen LogP contribution in [0.1, 0.15) is 17.4 Å². The van der Waals surface area contributed by atoms with Gasteiger partial charge >= 0.3 is 0 Å². The molecular weight excluding hydrogens is 214 g/mol. The van der Waals surface area contributed by atoms with Crippen molar-refractivity contribution in [1.82, 2.24) is 10.2 Å². The summed E-state index contributed by atoms with van der Waals surface area (Å²) in [6.45, 7) is 1.37. The summed E-state index contributed by atoms with van der Waals surface area (Å²) >= 11 is 0. The maximum absolute atomic E-state index is 13.4. The number of hydrogen-bond donors (Lipinski definition) is 1. The van der Waals surface area contributed by atoms with Crippen LogP contribution in [0.3, 0.4) is 0 Å². The van der Waals surface area contributed by atoms with Crippen LogP contribution in [0.15, 0.2) is 24.3 Å². The molecule has 1 heterocycles. The molecule has 3 nitrogen and oxygen atoms in total. The number of nitrogens with zero attached hydrogens (tertiary/aromatic N) is 1. The number of carbonyl (C=O) groups excluding carboxylic acids is 1. The molecule has 0 saturated carbocycles. The van der Waals surface area contributed by atoms with Crippen LogP contribution in [0.25, 0.3) is 11.3 Å². The van der Waals surface area contributed by atoms with E-state index in [4.69, 9.17) is 0 Å². The lowest BCUT2D eigenvalue weighted by atomic mass is 10.1. The number of carbonyl (C=O) groups is 1. The van der Waals surface area contributed by atoms with E-state index >= 15 is 0 Å². The number of aromatic nitrogens is 2. The topological polar surface area (TPSA) is 45.8 Å². The van der Waals surface area contributed by atoms with Gasteiger partial charge in [-0.05, 0) is 18.2 Å². The zero-order valence-corrected chi connectivity index (χ0v) is 8.42. The van der Waals surface area contributed by atoms with E-state index in [1.165, 1.54) is 19.1 Å². The van der Waals surface area contributed by atoms with Crippen LogP contribution >= 0.6 is 0 Å². The Morgan fingerprint density at radius 3 is 2.62 bits per heavy atom. The van der Waals surface area contributed by atoms with Crippen LogP contribution in [0.2, 0.25) is 0 Å². The number of rotatable bonds is 2. The van der Waals surface area contributed by atoms with E-state index in [2.05, 4.69) is 10.2 Å². The van der Waals surface area contributed by atoms with Gasteiger partial charge in [0.2, 0.25) is 0 Å². The summed E-state index contributed by atoms with van der Waals surface area (Å²) in [4.78, 5) is 11.0. The Morgan fingerprint density at radius 1 is 1.31 bits per heavy atom. The average Bonchev–Trinajstić information content (AvgIpc) is 2.66. The fourth-order valence-corrected chi connectivity index (χ4v) is 1.34. The van der Waals surface area contributed by atoms with E-state index in [0.29, 0.717) is 5.69 Å². The maximum atomic E-state index is 13.4. The molecule has 0 aliphatic heterocycles. The predicted octanol–water partition coefficient (Wildman–Crippen LogP) is 2.56. The highest BCUT2D eigenvalue weighted by molar-refractivity contribution is 5.93. The first-order valence-electron chi connectivity index (χ1n) is 4.59. The Kier molecular flexibility index (Phi) is 2.52. The number of halogens is 2. The number of Topliss-reactive ketones (excluding diaryl/α,β-unsaturated/α-hetero) is 1. The van der Waals surface area contributed by atoms with Gasteiger partial charge in [-0.25, -0.2) is 8.78 Å². The summed E-state index contributed by atoms with van der Waals surface area (Å²) < 4.78 is 26.0. The van der Waals surface area contributed by atoms with E-state index in [-0.39, 0.29) is 17.0 Å². The van der Waals surface area contributed by atoms with Crippen LogP contribution in [-0.2, 0) is 0 Å². The third-order valence-electron chi connectivity index (χ3n) is 2.16. The van der Waals surface area contributed by atoms with Crippen molar-refractivity contribution >= 4 is 5.78 Å². The first kappa shape index (κ1) is 10.5. The van der Waals surface area contributed by atoms with Gasteiger partial charge in [0.1, 0.15) is 17.3 Å². The Morgan fingerprint density at radius 2 is 2.06 bits per heavy atom. The summed E-state index contributed by atoms with van der Waals surface area (Å²) in [5, 5.41) is 6.28. The molecule has 0 spiro atoms. The second kappa shape index (κ2) is 3.84. The minimum absolute atomic E-state index is 0.158. The van der Waals surface area contributed by atoms with Crippen LogP contribution in [-0.4, -0.2) is 16.0 Å². The van der Waals surface area contributed by atoms with Crippen LogP contribution < -0.4 is 0 Å². The van der Waals surface area contributed by atoms with Gasteiger partial charge in [-0.1, -0.05) is 0 Å². The number of nitrogens with one attached hydrogen (secondary N) is 1. The Balaban J connectivity index is 2.46. The lowest BCUT2D eigenvalue weighted by Crippen LogP contribution is -1.90. The number of hydrogen-bond acceptors (Lipinski definition) is 2. The van der Waals surface area contributed by atoms with E-state index in [1.54, 1.807) is 0 Å². The molecule has 2 aromatic rings. The summed E-state index contributed by atoms with van der Waals surface area (Å²) in [5.41, 5.74) is 0.728. The fraction of sp³-hybridized carbons (Fsp3) is 0.0909. The molecule has 0 aliphatic rings. The molecule has 82 valence electrons. The third-order valence-corrected chi connectivity index (χ3v) is 2.16. The van der Waals surface area contributed by atoms with E-state index in [0.717, 1.165) is 12.1 Å². The number of ketones is 1. The van der Waals surface area contributed by atoms with Crippen molar-refractivity contribution in [3.63, 3.8) is 0 Å². The average molecular weight is 222 g/mol. The van der Waals surface area contributed by atoms with Gasteiger partial charge in [0.25, 0.3) is 0 Å². The SMILES string of the molecule is CC(=O)c1cc(-c2ccc(F)cc2F)n[nH]1. The van der Waals surface area contributed by atoms with Gasteiger partial charge in [0.05, 0.1) is 5.69 Å². The van der Waals surface area contributed by atoms with Gasteiger partial charge in [-0.3, -0.25) is 9.89 Å². The lowest BCUT2D eigenvalue weighted by Gasteiger charge is -1.97. The smallest absolute Gasteiger partial charge is 0.177 e. The summed E-state index contributed by atoms with van der Waals surface area (Å²) in [5.74, 6) is -1.55. The largest absolute Gasteiger partial charge is 0.293 e. The van der Waals surface area contributed by atoms with Gasteiger partial charge < -0.3 is 0 Å². The maximum Gasteiger partial charge on any atom is 0.177 e. The highest BCUT2D eigenvalue weighted by atomic mass is 19.1. The molecule has 0 fully saturated rings. The molecular formula is C11H8F2N2O. The number of H-pyrrole nitrogens is 1. The van der Waals surface area contributed by atoms with Gasteiger partial charge in [-0.15, -0.1) is 0 Å². The van der Waals surface area contributed by atoms with Crippen LogP contribution in [0.4, 0.5) is 8.78 Å². The highest BCUT2D eigenvalue weighted by Crippen LogP contribution is 2.22. The van der Waals surface area contributed by atoms with Crippen molar-refractivity contribution in [3.05, 3.63) is 41.6 Å². The molecule has 0 radical (unpaired) electrons. The molecule has 16 heavy (non-hydrogen) atoms. The molecule has 0 aliphatic carbocycles. The predicted molar refractivity (Wildman–Crippen MR) is 53.9 cm³/mol. The van der Waals surface area contributed by atoms with Gasteiger partial charge in [0, 0.05) is 18.6 Å². The Bertz CT molecular complexity index is 549. The molecule has 0 atom stereocenters. The normalized spacial score (nSPS) is 10.4. The zero-order valence-electron chi connectivity index (χ0n) is 8.42. The van der Waals surface area contributed by atoms with Crippen molar-refractivity contribution in [3.8, 4) is 11.3 Å². The van der Waals surface area contributed by atoms with Crippen LogP contribution in [0, 0.1) is 11.6 Å². The molecule has 2 rings (SSSR count). The minimum Gasteiger partial charge on any atom is -0.293 e. The number of benzene rings is 1. The quantitative estimate of drug-likeness (QED) is 0.793. The van der Waals surface area contributed by atoms with Gasteiger partial charge in [0.15, 0.2) is 5.78 Å². The molecule has 0 saturated heterocycles. The molecule has 1 aromatic heterocycles. The van der Waals surface area contributed by atoms with Crippen molar-refractivity contribution in [2.75, 3.05) is 0 Å². The first-order valence-corrected chi connectivity index (χ1v) is 4.59. The summed E-state index contributed by atoms with van der Waals surface area (Å²) in [6.07, 6.45) is 0. The molecule has 1 aromatic carbocycles. The second-order valence-corrected chi connectivity index (χ2v) is 3.35. The summed E-state index contributed by atoms with van der Waals surface area (Å²) in [6, 6.07) is 4.63. The van der Waals surface area contributed by atoms with Crippen molar-refractivity contribution in [1.29, 1.82) is 0 Å². The zero-order chi connectivity index (χ0) is 11.7. The number of aromatic amines is 1. The monoisotopic (exact) mass is 222 g/mol. The fourth-order valence-electron chi connectivity index (χ4n) is 1.34. The Hall–Kier alpha value is -2.04.